The lowest BCUT2D eigenvalue weighted by molar-refractivity contribution is 0.0917. The van der Waals surface area contributed by atoms with Crippen LogP contribution in [0.25, 0.3) is 11.0 Å². The number of piperidine rings is 1. The lowest BCUT2D eigenvalue weighted by Gasteiger charge is -2.29. The molecule has 0 saturated carbocycles. The van der Waals surface area contributed by atoms with Crippen LogP contribution in [-0.2, 0) is 0 Å². The minimum atomic E-state index is -0.0120. The zero-order valence-electron chi connectivity index (χ0n) is 14.0. The summed E-state index contributed by atoms with van der Waals surface area (Å²) in [6.07, 6.45) is 2.02. The second kappa shape index (κ2) is 7.45. The molecule has 1 fully saturated rings. The fourth-order valence-corrected chi connectivity index (χ4v) is 2.86. The average molecular weight is 302 g/mol. The number of carbonyl (C=O) groups excluding carboxylic acids is 1. The molecule has 1 aliphatic rings. The number of carbonyl (C=O) groups is 1. The van der Waals surface area contributed by atoms with E-state index < -0.39 is 0 Å². The number of furan rings is 1. The quantitative estimate of drug-likeness (QED) is 0.922. The molecule has 22 heavy (non-hydrogen) atoms. The molecule has 0 unspecified atom stereocenters. The molecular weight excluding hydrogens is 276 g/mol. The summed E-state index contributed by atoms with van der Waals surface area (Å²) in [6, 6.07) is 7.96. The van der Waals surface area contributed by atoms with E-state index in [0.717, 1.165) is 36.9 Å². The zero-order chi connectivity index (χ0) is 16.1. The van der Waals surface area contributed by atoms with Gasteiger partial charge in [-0.15, -0.1) is 0 Å². The minimum Gasteiger partial charge on any atom is -0.461 e. The summed E-state index contributed by atoms with van der Waals surface area (Å²) < 4.78 is 5.66. The molecular formula is C18H26N2O2. The Hall–Kier alpha value is -1.81. The van der Waals surface area contributed by atoms with E-state index in [1.165, 1.54) is 0 Å². The number of fused-ring (bicyclic) bond motifs is 1. The number of benzene rings is 1. The van der Waals surface area contributed by atoms with Crippen molar-refractivity contribution in [2.45, 2.75) is 39.7 Å². The highest BCUT2D eigenvalue weighted by Crippen LogP contribution is 2.25. The first-order chi connectivity index (χ1) is 10.6. The summed E-state index contributed by atoms with van der Waals surface area (Å²) >= 11 is 0. The topological polar surface area (TPSA) is 45.5 Å². The number of likely N-dealkylation sites (tertiary alicyclic amines) is 1. The molecule has 3 rings (SSSR count). The van der Waals surface area contributed by atoms with Gasteiger partial charge in [0.25, 0.3) is 5.91 Å². The van der Waals surface area contributed by atoms with E-state index >= 15 is 0 Å². The summed E-state index contributed by atoms with van der Waals surface area (Å²) in [6.45, 7) is 7.93. The van der Waals surface area contributed by atoms with E-state index in [1.807, 2.05) is 45.0 Å². The molecule has 0 aliphatic carbocycles. The second-order valence-electron chi connectivity index (χ2n) is 5.58. The van der Waals surface area contributed by atoms with Crippen molar-refractivity contribution in [3.05, 3.63) is 35.6 Å². The Balaban J connectivity index is 0.000000847. The van der Waals surface area contributed by atoms with Crippen molar-refractivity contribution in [2.24, 2.45) is 0 Å². The zero-order valence-corrected chi connectivity index (χ0v) is 14.0. The maximum atomic E-state index is 12.5. The largest absolute Gasteiger partial charge is 0.461 e. The predicted octanol–water partition coefficient (Wildman–Crippen LogP) is 3.59. The SMILES string of the molecule is CC.Cc1oc2ccccc2c1C(=O)NC1CCN(C)CC1. The first-order valence-corrected chi connectivity index (χ1v) is 8.12. The van der Waals surface area contributed by atoms with Crippen LogP contribution in [0.2, 0.25) is 0 Å². The fraction of sp³-hybridized carbons (Fsp3) is 0.500. The monoisotopic (exact) mass is 302 g/mol. The van der Waals surface area contributed by atoms with Crippen LogP contribution >= 0.6 is 0 Å². The summed E-state index contributed by atoms with van der Waals surface area (Å²) in [5.74, 6) is 0.679. The van der Waals surface area contributed by atoms with Crippen molar-refractivity contribution in [1.82, 2.24) is 10.2 Å². The Bertz CT molecular complexity index is 625. The number of aryl methyl sites for hydroxylation is 1. The molecule has 0 spiro atoms. The summed E-state index contributed by atoms with van der Waals surface area (Å²) in [5, 5.41) is 4.05. The third-order valence-corrected chi connectivity index (χ3v) is 4.05. The Labute approximate surface area is 132 Å². The first-order valence-electron chi connectivity index (χ1n) is 8.12. The highest BCUT2D eigenvalue weighted by Gasteiger charge is 2.22. The van der Waals surface area contributed by atoms with Crippen LogP contribution in [0.1, 0.15) is 42.8 Å². The Kier molecular flexibility index (Phi) is 5.61. The molecule has 4 nitrogen and oxygen atoms in total. The lowest BCUT2D eigenvalue weighted by Crippen LogP contribution is -2.43. The van der Waals surface area contributed by atoms with Gasteiger partial charge in [-0.25, -0.2) is 0 Å². The Morgan fingerprint density at radius 2 is 1.86 bits per heavy atom. The number of rotatable bonds is 2. The van der Waals surface area contributed by atoms with Crippen LogP contribution in [0.4, 0.5) is 0 Å². The normalized spacial score (nSPS) is 16.2. The van der Waals surface area contributed by atoms with E-state index in [1.54, 1.807) is 0 Å². The molecule has 1 amide bonds. The molecule has 4 heteroatoms. The lowest BCUT2D eigenvalue weighted by atomic mass is 10.0. The van der Waals surface area contributed by atoms with Gasteiger partial charge in [-0.3, -0.25) is 4.79 Å². The molecule has 1 N–H and O–H groups in total. The number of hydrogen-bond donors (Lipinski definition) is 1. The average Bonchev–Trinajstić information content (AvgIpc) is 2.87. The third-order valence-electron chi connectivity index (χ3n) is 4.05. The smallest absolute Gasteiger partial charge is 0.255 e. The van der Waals surface area contributed by atoms with Crippen LogP contribution in [0.3, 0.4) is 0 Å². The number of nitrogens with zero attached hydrogens (tertiary/aromatic N) is 1. The van der Waals surface area contributed by atoms with Crippen molar-refractivity contribution >= 4 is 16.9 Å². The van der Waals surface area contributed by atoms with Crippen molar-refractivity contribution in [2.75, 3.05) is 20.1 Å². The van der Waals surface area contributed by atoms with Gasteiger partial charge in [0.05, 0.1) is 5.56 Å². The highest BCUT2D eigenvalue weighted by molar-refractivity contribution is 6.07. The minimum absolute atomic E-state index is 0.0120. The molecule has 0 bridgehead atoms. The molecule has 1 aromatic heterocycles. The third kappa shape index (κ3) is 3.50. The predicted molar refractivity (Wildman–Crippen MR) is 90.3 cm³/mol. The summed E-state index contributed by atoms with van der Waals surface area (Å²) in [5.41, 5.74) is 1.46. The molecule has 1 saturated heterocycles. The molecule has 0 atom stereocenters. The van der Waals surface area contributed by atoms with Gasteiger partial charge in [-0.1, -0.05) is 32.0 Å². The van der Waals surface area contributed by atoms with Crippen molar-refractivity contribution in [1.29, 1.82) is 0 Å². The van der Waals surface area contributed by atoms with E-state index in [0.29, 0.717) is 11.3 Å². The van der Waals surface area contributed by atoms with E-state index in [2.05, 4.69) is 17.3 Å². The van der Waals surface area contributed by atoms with Gasteiger partial charge >= 0.3 is 0 Å². The number of nitrogens with one attached hydrogen (secondary N) is 1. The Morgan fingerprint density at radius 3 is 2.55 bits per heavy atom. The molecule has 2 heterocycles. The first kappa shape index (κ1) is 16.6. The van der Waals surface area contributed by atoms with Crippen LogP contribution in [0.15, 0.2) is 28.7 Å². The van der Waals surface area contributed by atoms with Crippen molar-refractivity contribution < 1.29 is 9.21 Å². The number of amides is 1. The van der Waals surface area contributed by atoms with E-state index in [9.17, 15) is 4.79 Å². The maximum absolute atomic E-state index is 12.5. The highest BCUT2D eigenvalue weighted by atomic mass is 16.3. The maximum Gasteiger partial charge on any atom is 0.255 e. The summed E-state index contributed by atoms with van der Waals surface area (Å²) in [4.78, 5) is 14.8. The Morgan fingerprint density at radius 1 is 1.23 bits per heavy atom. The van der Waals surface area contributed by atoms with Crippen LogP contribution in [-0.4, -0.2) is 37.0 Å². The van der Waals surface area contributed by atoms with E-state index in [4.69, 9.17) is 4.42 Å². The molecule has 1 aliphatic heterocycles. The standard InChI is InChI=1S/C16H20N2O2.C2H6/c1-11-15(13-5-3-4-6-14(13)20-11)16(19)17-12-7-9-18(2)10-8-12;1-2/h3-6,12H,7-10H2,1-2H3,(H,17,19);1-2H3. The number of hydrogen-bond acceptors (Lipinski definition) is 3. The van der Waals surface area contributed by atoms with Crippen molar-refractivity contribution in [3.8, 4) is 0 Å². The van der Waals surface area contributed by atoms with Crippen LogP contribution in [0.5, 0.6) is 0 Å². The van der Waals surface area contributed by atoms with E-state index in [-0.39, 0.29) is 11.9 Å². The van der Waals surface area contributed by atoms with Gasteiger partial charge in [0.15, 0.2) is 0 Å². The van der Waals surface area contributed by atoms with Gasteiger partial charge in [0.1, 0.15) is 11.3 Å². The molecule has 120 valence electrons. The van der Waals surface area contributed by atoms with Gasteiger partial charge in [-0.2, -0.15) is 0 Å². The molecule has 2 aromatic rings. The fourth-order valence-electron chi connectivity index (χ4n) is 2.86. The van der Waals surface area contributed by atoms with Gasteiger partial charge in [0, 0.05) is 11.4 Å². The van der Waals surface area contributed by atoms with Gasteiger partial charge in [0.2, 0.25) is 0 Å². The molecule has 1 aromatic carbocycles. The summed E-state index contributed by atoms with van der Waals surface area (Å²) in [7, 11) is 2.12. The van der Waals surface area contributed by atoms with Crippen molar-refractivity contribution in [3.63, 3.8) is 0 Å². The molecule has 0 radical (unpaired) electrons. The van der Waals surface area contributed by atoms with Gasteiger partial charge in [-0.05, 0) is 46.0 Å². The van der Waals surface area contributed by atoms with Crippen LogP contribution in [0, 0.1) is 6.92 Å². The van der Waals surface area contributed by atoms with Gasteiger partial charge < -0.3 is 14.6 Å². The van der Waals surface area contributed by atoms with Crippen LogP contribution < -0.4 is 5.32 Å². The number of para-hydroxylation sites is 1. The second-order valence-corrected chi connectivity index (χ2v) is 5.58.